The molecule has 3 rings (SSSR count). The molecule has 2 unspecified atom stereocenters. The van der Waals surface area contributed by atoms with Gasteiger partial charge in [-0.25, -0.2) is 0 Å². The lowest BCUT2D eigenvalue weighted by molar-refractivity contribution is -0.0430. The highest BCUT2D eigenvalue weighted by Crippen LogP contribution is 2.16. The predicted octanol–water partition coefficient (Wildman–Crippen LogP) is 4.28. The zero-order valence-corrected chi connectivity index (χ0v) is 12.5. The fourth-order valence-corrected chi connectivity index (χ4v) is 2.40. The number of ether oxygens (including phenoxy) is 2. The van der Waals surface area contributed by atoms with E-state index in [1.54, 1.807) is 0 Å². The van der Waals surface area contributed by atoms with Crippen LogP contribution in [0, 0.1) is 0 Å². The number of hydrogen-bond acceptors (Lipinski definition) is 2. The minimum absolute atomic E-state index is 0.0473. The molecular weight excluding hydrogens is 272 g/mol. The first-order valence-electron chi connectivity index (χ1n) is 7.58. The fourth-order valence-electron chi connectivity index (χ4n) is 2.40. The van der Waals surface area contributed by atoms with E-state index in [9.17, 15) is 0 Å². The van der Waals surface area contributed by atoms with Crippen LogP contribution in [-0.4, -0.2) is 12.2 Å². The van der Waals surface area contributed by atoms with Crippen LogP contribution in [0.15, 0.2) is 85.0 Å². The van der Waals surface area contributed by atoms with Crippen molar-refractivity contribution < 1.29 is 9.47 Å². The molecule has 0 spiro atoms. The Balaban J connectivity index is 1.55. The lowest BCUT2D eigenvalue weighted by atomic mass is 10.1. The van der Waals surface area contributed by atoms with Crippen LogP contribution in [0.1, 0.15) is 11.1 Å². The molecule has 0 saturated heterocycles. The molecule has 0 bridgehead atoms. The molecule has 112 valence electrons. The molecule has 2 heteroatoms. The van der Waals surface area contributed by atoms with Crippen molar-refractivity contribution in [3.63, 3.8) is 0 Å². The van der Waals surface area contributed by atoms with E-state index < -0.39 is 0 Å². The number of allylic oxidation sites excluding steroid dienone is 2. The van der Waals surface area contributed by atoms with Crippen LogP contribution in [0.2, 0.25) is 0 Å². The zero-order chi connectivity index (χ0) is 15.0. The average Bonchev–Trinajstić information content (AvgIpc) is 2.61. The maximum atomic E-state index is 6.01. The van der Waals surface area contributed by atoms with Crippen LogP contribution in [0.4, 0.5) is 0 Å². The van der Waals surface area contributed by atoms with Crippen LogP contribution in [0.5, 0.6) is 0 Å². The number of hydrogen-bond donors (Lipinski definition) is 0. The van der Waals surface area contributed by atoms with E-state index in [1.807, 2.05) is 48.6 Å². The van der Waals surface area contributed by atoms with E-state index in [0.717, 1.165) is 0 Å². The Bertz CT molecular complexity index is 559. The molecule has 0 heterocycles. The van der Waals surface area contributed by atoms with Gasteiger partial charge in [0.15, 0.2) is 0 Å². The predicted molar refractivity (Wildman–Crippen MR) is 88.3 cm³/mol. The molecular formula is C20H20O2. The van der Waals surface area contributed by atoms with E-state index in [1.165, 1.54) is 11.1 Å². The van der Waals surface area contributed by atoms with Gasteiger partial charge in [-0.1, -0.05) is 85.0 Å². The Labute approximate surface area is 131 Å². The molecule has 0 N–H and O–H groups in total. The van der Waals surface area contributed by atoms with Crippen molar-refractivity contribution in [3.05, 3.63) is 96.1 Å². The third-order valence-corrected chi connectivity index (χ3v) is 3.61. The van der Waals surface area contributed by atoms with Crippen molar-refractivity contribution in [3.8, 4) is 0 Å². The van der Waals surface area contributed by atoms with Gasteiger partial charge in [-0.2, -0.15) is 0 Å². The van der Waals surface area contributed by atoms with Gasteiger partial charge < -0.3 is 9.47 Å². The molecule has 0 saturated carbocycles. The third kappa shape index (κ3) is 4.17. The monoisotopic (exact) mass is 292 g/mol. The second kappa shape index (κ2) is 7.74. The van der Waals surface area contributed by atoms with Crippen LogP contribution in [0.25, 0.3) is 0 Å². The van der Waals surface area contributed by atoms with E-state index in [0.29, 0.717) is 13.2 Å². The number of benzene rings is 2. The fraction of sp³-hybridized carbons (Fsp3) is 0.200. The first kappa shape index (κ1) is 14.8. The van der Waals surface area contributed by atoms with Crippen molar-refractivity contribution in [2.45, 2.75) is 25.4 Å². The molecule has 2 aromatic carbocycles. The lowest BCUT2D eigenvalue weighted by Gasteiger charge is -2.25. The molecule has 0 fully saturated rings. The molecule has 22 heavy (non-hydrogen) atoms. The highest BCUT2D eigenvalue weighted by molar-refractivity contribution is 5.19. The summed E-state index contributed by atoms with van der Waals surface area (Å²) in [5.74, 6) is 0. The van der Waals surface area contributed by atoms with Gasteiger partial charge >= 0.3 is 0 Å². The quantitative estimate of drug-likeness (QED) is 0.791. The highest BCUT2D eigenvalue weighted by Gasteiger charge is 2.20. The standard InChI is InChI=1S/C20H20O2/c1-3-9-17(10-4-1)15-21-19-13-7-8-14-20(19)22-16-18-11-5-2-6-12-18/h1-14,19-20H,15-16H2. The first-order valence-corrected chi connectivity index (χ1v) is 7.58. The Hall–Kier alpha value is -2.16. The minimum atomic E-state index is -0.0473. The van der Waals surface area contributed by atoms with Gasteiger partial charge in [0.2, 0.25) is 0 Å². The molecule has 0 aromatic heterocycles. The lowest BCUT2D eigenvalue weighted by Crippen LogP contribution is -2.29. The van der Waals surface area contributed by atoms with E-state index >= 15 is 0 Å². The van der Waals surface area contributed by atoms with Gasteiger partial charge in [-0.05, 0) is 11.1 Å². The van der Waals surface area contributed by atoms with E-state index in [2.05, 4.69) is 36.4 Å². The highest BCUT2D eigenvalue weighted by atomic mass is 16.5. The van der Waals surface area contributed by atoms with Crippen LogP contribution in [0.3, 0.4) is 0 Å². The van der Waals surface area contributed by atoms with Gasteiger partial charge in [0, 0.05) is 0 Å². The molecule has 0 radical (unpaired) electrons. The maximum Gasteiger partial charge on any atom is 0.106 e. The Morgan fingerprint density at radius 3 is 1.41 bits per heavy atom. The summed E-state index contributed by atoms with van der Waals surface area (Å²) in [6, 6.07) is 20.4. The van der Waals surface area contributed by atoms with Gasteiger partial charge in [0.1, 0.15) is 12.2 Å². The van der Waals surface area contributed by atoms with Crippen molar-refractivity contribution in [1.29, 1.82) is 0 Å². The zero-order valence-electron chi connectivity index (χ0n) is 12.5. The summed E-state index contributed by atoms with van der Waals surface area (Å²) in [7, 11) is 0. The first-order chi connectivity index (χ1) is 10.9. The smallest absolute Gasteiger partial charge is 0.106 e. The number of rotatable bonds is 6. The normalized spacial score (nSPS) is 20.2. The minimum Gasteiger partial charge on any atom is -0.366 e. The topological polar surface area (TPSA) is 18.5 Å². The Kier molecular flexibility index (Phi) is 5.19. The van der Waals surface area contributed by atoms with Gasteiger partial charge in [0.25, 0.3) is 0 Å². The van der Waals surface area contributed by atoms with Gasteiger partial charge in [-0.15, -0.1) is 0 Å². The van der Waals surface area contributed by atoms with E-state index in [-0.39, 0.29) is 12.2 Å². The van der Waals surface area contributed by atoms with Crippen LogP contribution in [-0.2, 0) is 22.7 Å². The summed E-state index contributed by atoms with van der Waals surface area (Å²) in [5, 5.41) is 0. The average molecular weight is 292 g/mol. The SMILES string of the molecule is C1=CC(OCc2ccccc2)C(OCc2ccccc2)C=C1. The molecule has 1 aliphatic rings. The second-order valence-electron chi connectivity index (χ2n) is 5.29. The Morgan fingerprint density at radius 1 is 0.591 bits per heavy atom. The Morgan fingerprint density at radius 2 is 1.00 bits per heavy atom. The summed E-state index contributed by atoms with van der Waals surface area (Å²) in [6.07, 6.45) is 8.04. The molecule has 2 nitrogen and oxygen atoms in total. The molecule has 1 aliphatic carbocycles. The van der Waals surface area contributed by atoms with Gasteiger partial charge in [-0.3, -0.25) is 0 Å². The molecule has 2 aromatic rings. The summed E-state index contributed by atoms with van der Waals surface area (Å²) >= 11 is 0. The summed E-state index contributed by atoms with van der Waals surface area (Å²) in [4.78, 5) is 0. The van der Waals surface area contributed by atoms with Gasteiger partial charge in [0.05, 0.1) is 13.2 Å². The summed E-state index contributed by atoms with van der Waals surface area (Å²) in [6.45, 7) is 1.18. The summed E-state index contributed by atoms with van der Waals surface area (Å²) in [5.41, 5.74) is 2.35. The van der Waals surface area contributed by atoms with Crippen molar-refractivity contribution in [1.82, 2.24) is 0 Å². The van der Waals surface area contributed by atoms with Crippen LogP contribution >= 0.6 is 0 Å². The molecule has 0 aliphatic heterocycles. The molecule has 0 amide bonds. The second-order valence-corrected chi connectivity index (χ2v) is 5.29. The van der Waals surface area contributed by atoms with Crippen molar-refractivity contribution in [2.24, 2.45) is 0 Å². The summed E-state index contributed by atoms with van der Waals surface area (Å²) < 4.78 is 12.0. The van der Waals surface area contributed by atoms with Crippen molar-refractivity contribution in [2.75, 3.05) is 0 Å². The van der Waals surface area contributed by atoms with E-state index in [4.69, 9.17) is 9.47 Å². The molecule has 2 atom stereocenters. The maximum absolute atomic E-state index is 6.01. The third-order valence-electron chi connectivity index (χ3n) is 3.61. The van der Waals surface area contributed by atoms with Crippen LogP contribution < -0.4 is 0 Å². The van der Waals surface area contributed by atoms with Crippen molar-refractivity contribution >= 4 is 0 Å². The largest absolute Gasteiger partial charge is 0.366 e.